The molecule has 1 atom stereocenters. The molecule has 0 bridgehead atoms. The lowest BCUT2D eigenvalue weighted by atomic mass is 9.74. The molecular weight excluding hydrogens is 288 g/mol. The van der Waals surface area contributed by atoms with Crippen molar-refractivity contribution in [3.05, 3.63) is 40.4 Å². The minimum absolute atomic E-state index is 0.0893. The van der Waals surface area contributed by atoms with Gasteiger partial charge in [-0.15, -0.1) is 0 Å². The summed E-state index contributed by atoms with van der Waals surface area (Å²) in [6, 6.07) is 7.28. The number of methoxy groups -OCH3 is 1. The highest BCUT2D eigenvalue weighted by atomic mass is 35.5. The highest BCUT2D eigenvalue weighted by molar-refractivity contribution is 6.30. The third-order valence-electron chi connectivity index (χ3n) is 4.23. The van der Waals surface area contributed by atoms with E-state index in [2.05, 4.69) is 0 Å². The lowest BCUT2D eigenvalue weighted by Gasteiger charge is -2.28. The average molecular weight is 307 g/mol. The molecule has 1 saturated carbocycles. The molecule has 0 heterocycles. The number of hydrogen-bond acceptors (Lipinski definition) is 3. The third kappa shape index (κ3) is 2.75. The van der Waals surface area contributed by atoms with E-state index in [4.69, 9.17) is 16.3 Å². The van der Waals surface area contributed by atoms with E-state index in [1.807, 2.05) is 32.1 Å². The van der Waals surface area contributed by atoms with Gasteiger partial charge in [0.25, 0.3) is 0 Å². The summed E-state index contributed by atoms with van der Waals surface area (Å²) in [5.41, 5.74) is 0.552. The number of hydrogen-bond donors (Lipinski definition) is 0. The van der Waals surface area contributed by atoms with Crippen molar-refractivity contribution in [1.82, 2.24) is 0 Å². The fourth-order valence-corrected chi connectivity index (χ4v) is 3.03. The van der Waals surface area contributed by atoms with Crippen LogP contribution in [0.15, 0.2) is 29.8 Å². The minimum Gasteiger partial charge on any atom is -0.468 e. The molecule has 0 amide bonds. The maximum Gasteiger partial charge on any atom is 0.320 e. The van der Waals surface area contributed by atoms with E-state index in [1.54, 1.807) is 12.1 Å². The van der Waals surface area contributed by atoms with Crippen LogP contribution in [0.3, 0.4) is 0 Å². The van der Waals surface area contributed by atoms with E-state index in [0.717, 1.165) is 5.56 Å². The van der Waals surface area contributed by atoms with E-state index in [9.17, 15) is 9.59 Å². The van der Waals surface area contributed by atoms with E-state index in [0.29, 0.717) is 23.4 Å². The summed E-state index contributed by atoms with van der Waals surface area (Å²) in [6.45, 7) is 3.78. The highest BCUT2D eigenvalue weighted by Gasteiger charge is 2.54. The predicted molar refractivity (Wildman–Crippen MR) is 83.0 cm³/mol. The van der Waals surface area contributed by atoms with Crippen LogP contribution in [0.5, 0.6) is 0 Å². The zero-order valence-corrected chi connectivity index (χ0v) is 13.2. The molecule has 1 unspecified atom stereocenters. The Bertz CT molecular complexity index is 587. The summed E-state index contributed by atoms with van der Waals surface area (Å²) in [5.74, 6) is -0.630. The average Bonchev–Trinajstić information content (AvgIpc) is 2.79. The molecule has 0 aliphatic heterocycles. The van der Waals surface area contributed by atoms with Gasteiger partial charge in [-0.1, -0.05) is 37.6 Å². The molecule has 3 nitrogen and oxygen atoms in total. The van der Waals surface area contributed by atoms with Crippen LogP contribution in [-0.2, 0) is 14.3 Å². The zero-order chi connectivity index (χ0) is 15.6. The Kier molecular flexibility index (Phi) is 4.52. The number of benzene rings is 1. The maximum atomic E-state index is 12.7. The molecule has 0 spiro atoms. The Balaban J connectivity index is 2.36. The van der Waals surface area contributed by atoms with Crippen molar-refractivity contribution in [1.29, 1.82) is 0 Å². The maximum absolute atomic E-state index is 12.7. The van der Waals surface area contributed by atoms with Gasteiger partial charge in [0.15, 0.2) is 5.78 Å². The van der Waals surface area contributed by atoms with Crippen LogP contribution < -0.4 is 0 Å². The van der Waals surface area contributed by atoms with Crippen LogP contribution in [0.2, 0.25) is 5.02 Å². The van der Waals surface area contributed by atoms with Crippen LogP contribution in [0, 0.1) is 11.3 Å². The Hall–Kier alpha value is -1.61. The van der Waals surface area contributed by atoms with Gasteiger partial charge in [-0.25, -0.2) is 0 Å². The molecule has 1 aromatic rings. The van der Waals surface area contributed by atoms with Gasteiger partial charge >= 0.3 is 5.97 Å². The number of allylic oxidation sites excluding steroid dienone is 1. The number of rotatable bonds is 3. The first-order chi connectivity index (χ1) is 9.91. The topological polar surface area (TPSA) is 43.4 Å². The van der Waals surface area contributed by atoms with Gasteiger partial charge < -0.3 is 4.74 Å². The molecule has 4 heteroatoms. The van der Waals surface area contributed by atoms with Gasteiger partial charge in [-0.2, -0.15) is 0 Å². The van der Waals surface area contributed by atoms with E-state index in [-0.39, 0.29) is 11.7 Å². The largest absolute Gasteiger partial charge is 0.468 e. The summed E-state index contributed by atoms with van der Waals surface area (Å²) in [4.78, 5) is 24.9. The van der Waals surface area contributed by atoms with Crippen LogP contribution >= 0.6 is 11.6 Å². The van der Waals surface area contributed by atoms with Crippen molar-refractivity contribution in [2.45, 2.75) is 26.7 Å². The van der Waals surface area contributed by atoms with Gasteiger partial charge in [-0.05, 0) is 48.1 Å². The molecule has 0 N–H and O–H groups in total. The number of ether oxygens (including phenoxy) is 1. The van der Waals surface area contributed by atoms with E-state index >= 15 is 0 Å². The van der Waals surface area contributed by atoms with Crippen LogP contribution in [0.1, 0.15) is 32.3 Å². The first kappa shape index (κ1) is 15.8. The molecule has 21 heavy (non-hydrogen) atoms. The second-order valence-corrected chi connectivity index (χ2v) is 6.10. The van der Waals surface area contributed by atoms with E-state index < -0.39 is 11.4 Å². The standard InChI is InChI=1S/C17H19ClO3/c1-11(2)17(16(20)21-3)9-8-13(15(17)19)10-12-4-6-14(18)7-5-12/h4-7,10-11H,8-9H2,1-3H3/b13-10-. The number of esters is 1. The molecule has 1 aliphatic rings. The second-order valence-electron chi connectivity index (χ2n) is 5.67. The fourth-order valence-electron chi connectivity index (χ4n) is 2.91. The molecule has 0 radical (unpaired) electrons. The number of Topliss-reactive ketones (excluding diaryl/α,β-unsaturated/α-hetero) is 1. The normalized spacial score (nSPS) is 23.9. The third-order valence-corrected chi connectivity index (χ3v) is 4.48. The van der Waals surface area contributed by atoms with Gasteiger partial charge in [0, 0.05) is 5.02 Å². The molecule has 0 saturated heterocycles. The number of carbonyl (C=O) groups excluding carboxylic acids is 2. The quantitative estimate of drug-likeness (QED) is 0.483. The Morgan fingerprint density at radius 2 is 1.95 bits per heavy atom. The summed E-state index contributed by atoms with van der Waals surface area (Å²) in [6.07, 6.45) is 2.94. The van der Waals surface area contributed by atoms with Crippen LogP contribution in [0.4, 0.5) is 0 Å². The summed E-state index contributed by atoms with van der Waals surface area (Å²) in [7, 11) is 1.33. The smallest absolute Gasteiger partial charge is 0.320 e. The fraction of sp³-hybridized carbons (Fsp3) is 0.412. The van der Waals surface area contributed by atoms with Gasteiger partial charge in [0.1, 0.15) is 5.41 Å². The monoisotopic (exact) mass is 306 g/mol. The highest BCUT2D eigenvalue weighted by Crippen LogP contribution is 2.45. The van der Waals surface area contributed by atoms with Gasteiger partial charge in [0.05, 0.1) is 7.11 Å². The van der Waals surface area contributed by atoms with Crippen LogP contribution in [-0.4, -0.2) is 18.9 Å². The molecule has 112 valence electrons. The SMILES string of the molecule is COC(=O)C1(C(C)C)CC/C(=C/c2ccc(Cl)cc2)C1=O. The Morgan fingerprint density at radius 3 is 2.48 bits per heavy atom. The van der Waals surface area contributed by atoms with Gasteiger partial charge in [0.2, 0.25) is 0 Å². The van der Waals surface area contributed by atoms with Crippen molar-refractivity contribution in [3.63, 3.8) is 0 Å². The van der Waals surface area contributed by atoms with E-state index in [1.165, 1.54) is 7.11 Å². The summed E-state index contributed by atoms with van der Waals surface area (Å²) < 4.78 is 4.88. The Labute approximate surface area is 129 Å². The number of carbonyl (C=O) groups is 2. The predicted octanol–water partition coefficient (Wildman–Crippen LogP) is 3.90. The number of halogens is 1. The molecule has 1 fully saturated rings. The van der Waals surface area contributed by atoms with Gasteiger partial charge in [-0.3, -0.25) is 9.59 Å². The lowest BCUT2D eigenvalue weighted by Crippen LogP contribution is -2.41. The first-order valence-corrected chi connectivity index (χ1v) is 7.39. The summed E-state index contributed by atoms with van der Waals surface area (Å²) >= 11 is 5.86. The second kappa shape index (κ2) is 6.02. The summed E-state index contributed by atoms with van der Waals surface area (Å²) in [5, 5.41) is 0.654. The van der Waals surface area contributed by atoms with Crippen molar-refractivity contribution >= 4 is 29.4 Å². The lowest BCUT2D eigenvalue weighted by molar-refractivity contribution is -0.159. The van der Waals surface area contributed by atoms with Crippen molar-refractivity contribution in [2.24, 2.45) is 11.3 Å². The Morgan fingerprint density at radius 1 is 1.33 bits per heavy atom. The molecule has 1 aliphatic carbocycles. The molecule has 2 rings (SSSR count). The van der Waals surface area contributed by atoms with Crippen molar-refractivity contribution < 1.29 is 14.3 Å². The van der Waals surface area contributed by atoms with Crippen LogP contribution in [0.25, 0.3) is 6.08 Å². The number of ketones is 1. The van der Waals surface area contributed by atoms with Crippen molar-refractivity contribution in [2.75, 3.05) is 7.11 Å². The van der Waals surface area contributed by atoms with Crippen molar-refractivity contribution in [3.8, 4) is 0 Å². The first-order valence-electron chi connectivity index (χ1n) is 7.01. The molecule has 1 aromatic carbocycles. The molecule has 0 aromatic heterocycles. The minimum atomic E-state index is -1.03. The zero-order valence-electron chi connectivity index (χ0n) is 12.5. The molecular formula is C17H19ClO3.